The fourth-order valence-electron chi connectivity index (χ4n) is 4.12. The Morgan fingerprint density at radius 3 is 2.73 bits per heavy atom. The van der Waals surface area contributed by atoms with Crippen LogP contribution in [0.25, 0.3) is 0 Å². The summed E-state index contributed by atoms with van der Waals surface area (Å²) in [6, 6.07) is 13.8. The van der Waals surface area contributed by atoms with Gasteiger partial charge < -0.3 is 10.1 Å². The highest BCUT2D eigenvalue weighted by Gasteiger charge is 2.24. The van der Waals surface area contributed by atoms with Crippen molar-refractivity contribution in [1.29, 1.82) is 0 Å². The Kier molecular flexibility index (Phi) is 7.93. The Balaban J connectivity index is 1.45. The second-order valence-corrected chi connectivity index (χ2v) is 9.82. The average molecular weight is 485 g/mol. The van der Waals surface area contributed by atoms with Gasteiger partial charge in [-0.2, -0.15) is 0 Å². The van der Waals surface area contributed by atoms with Crippen molar-refractivity contribution in [2.75, 3.05) is 11.1 Å². The fraction of sp³-hybridized carbons (Fsp3) is 0.400. The first kappa shape index (κ1) is 23.6. The van der Waals surface area contributed by atoms with Crippen LogP contribution in [0, 0.1) is 13.8 Å². The molecule has 4 rings (SSSR count). The number of anilines is 1. The maximum atomic E-state index is 12.5. The molecule has 8 heteroatoms. The van der Waals surface area contributed by atoms with Crippen molar-refractivity contribution in [3.05, 3.63) is 64.4 Å². The minimum atomic E-state index is -0.0572. The third kappa shape index (κ3) is 6.30. The third-order valence-electron chi connectivity index (χ3n) is 5.81. The molecular weight excluding hydrogens is 456 g/mol. The maximum absolute atomic E-state index is 12.5. The number of amides is 1. The molecule has 0 bridgehead atoms. The van der Waals surface area contributed by atoms with Crippen molar-refractivity contribution in [3.8, 4) is 5.75 Å². The van der Waals surface area contributed by atoms with Gasteiger partial charge in [-0.05, 0) is 68.1 Å². The fourth-order valence-corrected chi connectivity index (χ4v) is 5.06. The van der Waals surface area contributed by atoms with Gasteiger partial charge in [-0.15, -0.1) is 10.2 Å². The Morgan fingerprint density at radius 1 is 1.15 bits per heavy atom. The van der Waals surface area contributed by atoms with Gasteiger partial charge in [0.2, 0.25) is 5.91 Å². The van der Waals surface area contributed by atoms with Gasteiger partial charge in [-0.25, -0.2) is 0 Å². The summed E-state index contributed by atoms with van der Waals surface area (Å²) >= 11 is 7.55. The summed E-state index contributed by atoms with van der Waals surface area (Å²) in [6.45, 7) is 4.28. The van der Waals surface area contributed by atoms with E-state index >= 15 is 0 Å². The maximum Gasteiger partial charge on any atom is 0.234 e. The van der Waals surface area contributed by atoms with Crippen LogP contribution in [0.15, 0.2) is 47.6 Å². The number of hydrogen-bond donors (Lipinski definition) is 1. The third-order valence-corrected chi connectivity index (χ3v) is 7.17. The van der Waals surface area contributed by atoms with Crippen LogP contribution in [0.3, 0.4) is 0 Å². The lowest BCUT2D eigenvalue weighted by Gasteiger charge is -2.25. The molecule has 1 N–H and O–H groups in total. The second kappa shape index (κ2) is 11.1. The van der Waals surface area contributed by atoms with Gasteiger partial charge in [0.15, 0.2) is 11.0 Å². The first-order valence-corrected chi connectivity index (χ1v) is 12.7. The number of thioether (sulfide) groups is 1. The quantitative estimate of drug-likeness (QED) is 0.376. The molecule has 174 valence electrons. The van der Waals surface area contributed by atoms with Crippen LogP contribution in [0.1, 0.15) is 55.1 Å². The molecule has 3 aromatic rings. The largest absolute Gasteiger partial charge is 0.486 e. The van der Waals surface area contributed by atoms with E-state index in [1.54, 1.807) is 0 Å². The zero-order chi connectivity index (χ0) is 23.2. The molecule has 1 amide bonds. The van der Waals surface area contributed by atoms with Gasteiger partial charge in [0.05, 0.1) is 5.75 Å². The standard InChI is InChI=1S/C25H29ClN4O2S/c1-17-7-6-8-19(13-17)27-24(31)16-33-25-29-28-23(30(25)20-9-4-3-5-10-20)15-32-21-11-12-22(26)18(2)14-21/h6-8,11-14,20H,3-5,9-10,15-16H2,1-2H3,(H,27,31). The Bertz CT molecular complexity index is 1110. The summed E-state index contributed by atoms with van der Waals surface area (Å²) in [5, 5.41) is 13.3. The van der Waals surface area contributed by atoms with Crippen LogP contribution < -0.4 is 10.1 Å². The number of aryl methyl sites for hydroxylation is 2. The zero-order valence-corrected chi connectivity index (χ0v) is 20.6. The normalized spacial score (nSPS) is 14.3. The van der Waals surface area contributed by atoms with E-state index in [0.29, 0.717) is 12.6 Å². The van der Waals surface area contributed by atoms with Gasteiger partial charge in [0.25, 0.3) is 0 Å². The van der Waals surface area contributed by atoms with Crippen molar-refractivity contribution in [2.24, 2.45) is 0 Å². The monoisotopic (exact) mass is 484 g/mol. The number of benzene rings is 2. The number of nitrogens with one attached hydrogen (secondary N) is 1. The summed E-state index contributed by atoms with van der Waals surface area (Å²) in [7, 11) is 0. The van der Waals surface area contributed by atoms with Crippen LogP contribution >= 0.6 is 23.4 Å². The molecule has 1 saturated carbocycles. The molecule has 6 nitrogen and oxygen atoms in total. The minimum Gasteiger partial charge on any atom is -0.486 e. The number of hydrogen-bond acceptors (Lipinski definition) is 5. The predicted molar refractivity (Wildman–Crippen MR) is 133 cm³/mol. The van der Waals surface area contributed by atoms with E-state index in [-0.39, 0.29) is 11.7 Å². The number of halogens is 1. The Morgan fingerprint density at radius 2 is 1.97 bits per heavy atom. The highest BCUT2D eigenvalue weighted by Crippen LogP contribution is 2.33. The van der Waals surface area contributed by atoms with Crippen LogP contribution in [0.4, 0.5) is 5.69 Å². The van der Waals surface area contributed by atoms with Gasteiger partial charge in [-0.3, -0.25) is 9.36 Å². The lowest BCUT2D eigenvalue weighted by Crippen LogP contribution is -2.19. The highest BCUT2D eigenvalue weighted by atomic mass is 35.5. The SMILES string of the molecule is Cc1cccc(NC(=O)CSc2nnc(COc3ccc(Cl)c(C)c3)n2C2CCCCC2)c1. The van der Waals surface area contributed by atoms with E-state index in [1.165, 1.54) is 31.0 Å². The molecule has 0 atom stereocenters. The molecule has 0 aliphatic heterocycles. The number of rotatable bonds is 8. The molecular formula is C25H29ClN4O2S. The number of carbonyl (C=O) groups is 1. The number of aromatic nitrogens is 3. The van der Waals surface area contributed by atoms with Crippen LogP contribution in [-0.4, -0.2) is 26.4 Å². The average Bonchev–Trinajstić information content (AvgIpc) is 3.22. The van der Waals surface area contributed by atoms with E-state index in [4.69, 9.17) is 16.3 Å². The lowest BCUT2D eigenvalue weighted by molar-refractivity contribution is -0.113. The minimum absolute atomic E-state index is 0.0572. The first-order chi connectivity index (χ1) is 16.0. The first-order valence-electron chi connectivity index (χ1n) is 11.3. The topological polar surface area (TPSA) is 69.0 Å². The number of nitrogens with zero attached hydrogens (tertiary/aromatic N) is 3. The smallest absolute Gasteiger partial charge is 0.234 e. The molecule has 0 radical (unpaired) electrons. The van der Waals surface area contributed by atoms with E-state index < -0.39 is 0 Å². The molecule has 1 heterocycles. The van der Waals surface area contributed by atoms with Crippen LogP contribution in [-0.2, 0) is 11.4 Å². The summed E-state index contributed by atoms with van der Waals surface area (Å²) in [4.78, 5) is 12.5. The van der Waals surface area contributed by atoms with Crippen LogP contribution in [0.5, 0.6) is 5.75 Å². The summed E-state index contributed by atoms with van der Waals surface area (Å²) in [6.07, 6.45) is 5.83. The van der Waals surface area contributed by atoms with Gasteiger partial charge in [0.1, 0.15) is 12.4 Å². The van der Waals surface area contributed by atoms with Crippen molar-refractivity contribution in [3.63, 3.8) is 0 Å². The van der Waals surface area contributed by atoms with E-state index in [1.807, 2.05) is 56.3 Å². The molecule has 1 aliphatic carbocycles. The van der Waals surface area contributed by atoms with Crippen molar-refractivity contribution in [1.82, 2.24) is 14.8 Å². The van der Waals surface area contributed by atoms with E-state index in [9.17, 15) is 4.79 Å². The van der Waals surface area contributed by atoms with E-state index in [2.05, 4.69) is 20.1 Å². The molecule has 1 aliphatic rings. The van der Waals surface area contributed by atoms with E-state index in [0.717, 1.165) is 51.4 Å². The summed E-state index contributed by atoms with van der Waals surface area (Å²) in [5.74, 6) is 1.76. The van der Waals surface area contributed by atoms with Crippen molar-refractivity contribution < 1.29 is 9.53 Å². The Labute approximate surface area is 204 Å². The van der Waals surface area contributed by atoms with Crippen molar-refractivity contribution >= 4 is 35.0 Å². The summed E-state index contributed by atoms with van der Waals surface area (Å²) in [5.41, 5.74) is 2.89. The van der Waals surface area contributed by atoms with Gasteiger partial charge >= 0.3 is 0 Å². The molecule has 0 spiro atoms. The molecule has 2 aromatic carbocycles. The Hall–Kier alpha value is -2.51. The number of carbonyl (C=O) groups excluding carboxylic acids is 1. The predicted octanol–water partition coefficient (Wildman–Crippen LogP) is 6.36. The highest BCUT2D eigenvalue weighted by molar-refractivity contribution is 7.99. The molecule has 1 fully saturated rings. The van der Waals surface area contributed by atoms with Crippen molar-refractivity contribution in [2.45, 2.75) is 63.8 Å². The van der Waals surface area contributed by atoms with Gasteiger partial charge in [0, 0.05) is 16.8 Å². The molecule has 33 heavy (non-hydrogen) atoms. The second-order valence-electron chi connectivity index (χ2n) is 8.47. The van der Waals surface area contributed by atoms with Gasteiger partial charge in [-0.1, -0.05) is 54.8 Å². The van der Waals surface area contributed by atoms with Crippen LogP contribution in [0.2, 0.25) is 5.02 Å². The lowest BCUT2D eigenvalue weighted by atomic mass is 9.95. The molecule has 1 aromatic heterocycles. The zero-order valence-electron chi connectivity index (χ0n) is 19.0. The summed E-state index contributed by atoms with van der Waals surface area (Å²) < 4.78 is 8.21. The number of ether oxygens (including phenoxy) is 1. The molecule has 0 saturated heterocycles. The molecule has 0 unspecified atom stereocenters.